The lowest BCUT2D eigenvalue weighted by Gasteiger charge is -2.33. The molecule has 0 saturated carbocycles. The minimum absolute atomic E-state index is 0.318. The number of thiophene rings is 1. The Balaban J connectivity index is 2.16. The average Bonchev–Trinajstić information content (AvgIpc) is 2.88. The van der Waals surface area contributed by atoms with E-state index in [-0.39, 0.29) is 5.91 Å². The Morgan fingerprint density at radius 3 is 2.75 bits per heavy atom. The van der Waals surface area contributed by atoms with Gasteiger partial charge in [-0.3, -0.25) is 4.79 Å². The molecule has 0 radical (unpaired) electrons. The number of hydrogen-bond donors (Lipinski definition) is 2. The van der Waals surface area contributed by atoms with Crippen molar-refractivity contribution in [3.05, 3.63) is 21.9 Å². The lowest BCUT2D eigenvalue weighted by molar-refractivity contribution is -0.144. The highest BCUT2D eigenvalue weighted by molar-refractivity contribution is 7.99. The fourth-order valence-corrected chi connectivity index (χ4v) is 4.18. The van der Waals surface area contributed by atoms with Gasteiger partial charge < -0.3 is 15.2 Å². The molecule has 1 aliphatic rings. The van der Waals surface area contributed by atoms with Gasteiger partial charge >= 0.3 is 5.97 Å². The Morgan fingerprint density at radius 1 is 1.45 bits per heavy atom. The van der Waals surface area contributed by atoms with Crippen LogP contribution in [0.5, 0.6) is 0 Å². The van der Waals surface area contributed by atoms with E-state index in [1.54, 1.807) is 18.9 Å². The Morgan fingerprint density at radius 2 is 2.15 bits per heavy atom. The van der Waals surface area contributed by atoms with Crippen LogP contribution in [0.3, 0.4) is 0 Å². The second-order valence-corrected chi connectivity index (χ2v) is 6.80. The van der Waals surface area contributed by atoms with Crippen molar-refractivity contribution in [1.82, 2.24) is 5.32 Å². The van der Waals surface area contributed by atoms with Crippen LogP contribution >= 0.6 is 23.1 Å². The molecule has 2 N–H and O–H groups in total. The van der Waals surface area contributed by atoms with Gasteiger partial charge in [-0.25, -0.2) is 4.79 Å². The molecule has 0 spiro atoms. The van der Waals surface area contributed by atoms with Crippen LogP contribution in [-0.4, -0.2) is 41.1 Å². The maximum atomic E-state index is 12.4. The van der Waals surface area contributed by atoms with Crippen LogP contribution in [-0.2, 0) is 16.1 Å². The highest BCUT2D eigenvalue weighted by atomic mass is 32.2. The van der Waals surface area contributed by atoms with Crippen molar-refractivity contribution in [3.63, 3.8) is 0 Å². The number of carbonyl (C=O) groups is 2. The molecular weight excluding hydrogens is 298 g/mol. The Bertz CT molecular complexity index is 494. The first-order valence-corrected chi connectivity index (χ1v) is 8.31. The summed E-state index contributed by atoms with van der Waals surface area (Å²) in [6, 6.07) is 1.83. The SMILES string of the molecule is COCc1ccsc1C(=O)NC1(C(=O)O)CCSCC1. The number of carboxylic acid groups (broad SMARTS) is 1. The normalized spacial score (nSPS) is 17.6. The van der Waals surface area contributed by atoms with Crippen molar-refractivity contribution >= 4 is 35.0 Å². The summed E-state index contributed by atoms with van der Waals surface area (Å²) in [5.41, 5.74) is -0.336. The van der Waals surface area contributed by atoms with E-state index in [1.807, 2.05) is 11.4 Å². The molecule has 0 aromatic carbocycles. The summed E-state index contributed by atoms with van der Waals surface area (Å²) in [6.45, 7) is 0.349. The second kappa shape index (κ2) is 6.60. The van der Waals surface area contributed by atoms with Gasteiger partial charge in [-0.05, 0) is 35.8 Å². The van der Waals surface area contributed by atoms with E-state index >= 15 is 0 Å². The molecular formula is C13H17NO4S2. The van der Waals surface area contributed by atoms with Gasteiger partial charge in [0.05, 0.1) is 11.5 Å². The molecule has 0 aliphatic carbocycles. The highest BCUT2D eigenvalue weighted by Gasteiger charge is 2.41. The summed E-state index contributed by atoms with van der Waals surface area (Å²) in [4.78, 5) is 24.4. The average molecular weight is 315 g/mol. The van der Waals surface area contributed by atoms with Crippen molar-refractivity contribution in [2.75, 3.05) is 18.6 Å². The minimum Gasteiger partial charge on any atom is -0.480 e. The molecule has 110 valence electrons. The van der Waals surface area contributed by atoms with Crippen molar-refractivity contribution in [3.8, 4) is 0 Å². The highest BCUT2D eigenvalue weighted by Crippen LogP contribution is 2.28. The van der Waals surface area contributed by atoms with E-state index in [2.05, 4.69) is 5.32 Å². The Hall–Kier alpha value is -1.05. The monoisotopic (exact) mass is 315 g/mol. The minimum atomic E-state index is -1.13. The molecule has 0 atom stereocenters. The Labute approximate surface area is 125 Å². The first-order chi connectivity index (χ1) is 9.59. The number of amides is 1. The van der Waals surface area contributed by atoms with Crippen LogP contribution < -0.4 is 5.32 Å². The van der Waals surface area contributed by atoms with Gasteiger partial charge in [0.1, 0.15) is 5.54 Å². The molecule has 1 aromatic rings. The standard InChI is InChI=1S/C13H17NO4S2/c1-18-8-9-2-5-20-10(9)11(15)14-13(12(16)17)3-6-19-7-4-13/h2,5H,3-4,6-8H2,1H3,(H,14,15)(H,16,17). The van der Waals surface area contributed by atoms with E-state index in [0.29, 0.717) is 24.3 Å². The number of carboxylic acids is 1. The first kappa shape index (κ1) is 15.3. The van der Waals surface area contributed by atoms with Crippen molar-refractivity contribution < 1.29 is 19.4 Å². The quantitative estimate of drug-likeness (QED) is 0.869. The van der Waals surface area contributed by atoms with Gasteiger partial charge in [0.2, 0.25) is 0 Å². The zero-order valence-electron chi connectivity index (χ0n) is 11.2. The Kier molecular flexibility index (Phi) is 5.06. The van der Waals surface area contributed by atoms with E-state index in [9.17, 15) is 14.7 Å². The fraction of sp³-hybridized carbons (Fsp3) is 0.538. The summed E-state index contributed by atoms with van der Waals surface area (Å²) >= 11 is 3.02. The smallest absolute Gasteiger partial charge is 0.329 e. The molecule has 7 heteroatoms. The number of carbonyl (C=O) groups excluding carboxylic acids is 1. The van der Waals surface area contributed by atoms with Crippen molar-refractivity contribution in [2.45, 2.75) is 25.0 Å². The molecule has 2 rings (SSSR count). The number of nitrogens with one attached hydrogen (secondary N) is 1. The molecule has 1 aromatic heterocycles. The summed E-state index contributed by atoms with van der Waals surface area (Å²) in [6.07, 6.45) is 0.924. The molecule has 1 fully saturated rings. The van der Waals surface area contributed by atoms with Crippen LogP contribution in [0.2, 0.25) is 0 Å². The molecule has 0 unspecified atom stereocenters. The summed E-state index contributed by atoms with van der Waals surface area (Å²) in [7, 11) is 1.57. The van der Waals surface area contributed by atoms with Crippen molar-refractivity contribution in [1.29, 1.82) is 0 Å². The van der Waals surface area contributed by atoms with Gasteiger partial charge in [-0.1, -0.05) is 0 Å². The maximum Gasteiger partial charge on any atom is 0.329 e. The molecule has 1 amide bonds. The summed E-state index contributed by atoms with van der Waals surface area (Å²) in [5.74, 6) is 0.238. The third-order valence-corrected chi connectivity index (χ3v) is 5.30. The predicted octanol–water partition coefficient (Wildman–Crippen LogP) is 1.97. The van der Waals surface area contributed by atoms with E-state index < -0.39 is 11.5 Å². The third-order valence-electron chi connectivity index (χ3n) is 3.36. The van der Waals surface area contributed by atoms with E-state index in [4.69, 9.17) is 4.74 Å². The topological polar surface area (TPSA) is 75.6 Å². The van der Waals surface area contributed by atoms with Crippen LogP contribution in [0.15, 0.2) is 11.4 Å². The molecule has 5 nitrogen and oxygen atoms in total. The molecule has 1 saturated heterocycles. The van der Waals surface area contributed by atoms with Crippen LogP contribution in [0.25, 0.3) is 0 Å². The molecule has 0 bridgehead atoms. The number of hydrogen-bond acceptors (Lipinski definition) is 5. The number of rotatable bonds is 5. The zero-order chi connectivity index (χ0) is 14.6. The van der Waals surface area contributed by atoms with E-state index in [0.717, 1.165) is 17.1 Å². The van der Waals surface area contributed by atoms with Crippen molar-refractivity contribution in [2.24, 2.45) is 0 Å². The van der Waals surface area contributed by atoms with Gasteiger partial charge in [0.25, 0.3) is 5.91 Å². The first-order valence-electron chi connectivity index (χ1n) is 6.28. The summed E-state index contributed by atoms with van der Waals surface area (Å²) in [5, 5.41) is 14.0. The van der Waals surface area contributed by atoms with Crippen LogP contribution in [0, 0.1) is 0 Å². The molecule has 2 heterocycles. The van der Waals surface area contributed by atoms with Gasteiger partial charge in [0.15, 0.2) is 0 Å². The number of aliphatic carboxylic acids is 1. The van der Waals surface area contributed by atoms with Gasteiger partial charge in [0, 0.05) is 12.7 Å². The zero-order valence-corrected chi connectivity index (χ0v) is 12.8. The summed E-state index contributed by atoms with van der Waals surface area (Å²) < 4.78 is 5.05. The van der Waals surface area contributed by atoms with Crippen LogP contribution in [0.4, 0.5) is 0 Å². The third kappa shape index (κ3) is 3.16. The van der Waals surface area contributed by atoms with Crippen LogP contribution in [0.1, 0.15) is 28.1 Å². The fourth-order valence-electron chi connectivity index (χ4n) is 2.19. The number of methoxy groups -OCH3 is 1. The van der Waals surface area contributed by atoms with Gasteiger partial charge in [-0.15, -0.1) is 11.3 Å². The van der Waals surface area contributed by atoms with Gasteiger partial charge in [-0.2, -0.15) is 11.8 Å². The molecule has 20 heavy (non-hydrogen) atoms. The molecule has 1 aliphatic heterocycles. The largest absolute Gasteiger partial charge is 0.480 e. The predicted molar refractivity (Wildman–Crippen MR) is 79.4 cm³/mol. The lowest BCUT2D eigenvalue weighted by atomic mass is 9.92. The lowest BCUT2D eigenvalue weighted by Crippen LogP contribution is -2.56. The maximum absolute atomic E-state index is 12.4. The second-order valence-electron chi connectivity index (χ2n) is 4.66. The number of thioether (sulfide) groups is 1. The van der Waals surface area contributed by atoms with E-state index in [1.165, 1.54) is 11.3 Å². The number of ether oxygens (including phenoxy) is 1.